The van der Waals surface area contributed by atoms with Gasteiger partial charge in [-0.25, -0.2) is 9.78 Å². The number of pyridine rings is 1. The van der Waals surface area contributed by atoms with Crippen molar-refractivity contribution >= 4 is 11.7 Å². The Balaban J connectivity index is 1.55. The van der Waals surface area contributed by atoms with Gasteiger partial charge in [0.1, 0.15) is 5.69 Å². The van der Waals surface area contributed by atoms with E-state index in [0.29, 0.717) is 17.8 Å². The molecule has 1 aliphatic carbocycles. The third kappa shape index (κ3) is 3.78. The number of nitrogens with zero attached hydrogens (tertiary/aromatic N) is 3. The van der Waals surface area contributed by atoms with Crippen molar-refractivity contribution < 1.29 is 18.0 Å². The molecule has 1 N–H and O–H groups in total. The maximum absolute atomic E-state index is 13.0. The van der Waals surface area contributed by atoms with Crippen molar-refractivity contribution in [2.24, 2.45) is 0 Å². The van der Waals surface area contributed by atoms with Crippen LogP contribution in [0, 0.1) is 6.92 Å². The van der Waals surface area contributed by atoms with Crippen LogP contribution in [0.5, 0.6) is 0 Å². The predicted octanol–water partition coefficient (Wildman–Crippen LogP) is 4.71. The van der Waals surface area contributed by atoms with Gasteiger partial charge in [0.2, 0.25) is 0 Å². The molecule has 166 valence electrons. The van der Waals surface area contributed by atoms with E-state index in [4.69, 9.17) is 0 Å². The normalized spacial score (nSPS) is 26.5. The summed E-state index contributed by atoms with van der Waals surface area (Å²) in [4.78, 5) is 20.2. The summed E-state index contributed by atoms with van der Waals surface area (Å²) in [5.74, 6) is 0. The first-order chi connectivity index (χ1) is 14.6. The zero-order valence-corrected chi connectivity index (χ0v) is 18.0. The molecule has 1 saturated heterocycles. The van der Waals surface area contributed by atoms with Gasteiger partial charge in [0, 0.05) is 5.54 Å². The molecule has 1 aliphatic heterocycles. The first-order valence-corrected chi connectivity index (χ1v) is 10.4. The fraction of sp³-hybridized carbons (Fsp3) is 0.478. The summed E-state index contributed by atoms with van der Waals surface area (Å²) >= 11 is 0. The fourth-order valence-corrected chi connectivity index (χ4v) is 5.06. The van der Waals surface area contributed by atoms with Crippen molar-refractivity contribution in [1.82, 2.24) is 15.2 Å². The summed E-state index contributed by atoms with van der Waals surface area (Å²) in [6, 6.07) is 11.1. The Morgan fingerprint density at radius 1 is 1.10 bits per heavy atom. The van der Waals surface area contributed by atoms with Gasteiger partial charge in [-0.15, -0.1) is 0 Å². The lowest BCUT2D eigenvalue weighted by molar-refractivity contribution is -0.141. The number of aryl methyl sites for hydroxylation is 1. The third-order valence-corrected chi connectivity index (χ3v) is 6.94. The molecule has 31 heavy (non-hydrogen) atoms. The van der Waals surface area contributed by atoms with Crippen LogP contribution in [0.4, 0.5) is 23.7 Å². The van der Waals surface area contributed by atoms with Gasteiger partial charge in [0.05, 0.1) is 24.0 Å². The van der Waals surface area contributed by atoms with E-state index in [0.717, 1.165) is 37.9 Å². The number of hydrogen-bond donors (Lipinski definition) is 1. The number of aromatic nitrogens is 1. The zero-order valence-electron chi connectivity index (χ0n) is 18.0. The summed E-state index contributed by atoms with van der Waals surface area (Å²) in [5.41, 5.74) is 0.641. The van der Waals surface area contributed by atoms with Gasteiger partial charge in [0.25, 0.3) is 0 Å². The number of rotatable bonds is 3. The van der Waals surface area contributed by atoms with Gasteiger partial charge in [-0.05, 0) is 63.9 Å². The van der Waals surface area contributed by atoms with Gasteiger partial charge >= 0.3 is 12.2 Å². The molecule has 4 rings (SSSR count). The van der Waals surface area contributed by atoms with Crippen LogP contribution in [0.15, 0.2) is 42.6 Å². The maximum Gasteiger partial charge on any atom is 0.433 e. The van der Waals surface area contributed by atoms with Crippen molar-refractivity contribution in [2.45, 2.75) is 49.9 Å². The van der Waals surface area contributed by atoms with Gasteiger partial charge in [-0.1, -0.05) is 30.3 Å². The lowest BCUT2D eigenvalue weighted by atomic mass is 9.69. The molecule has 0 atom stereocenters. The van der Waals surface area contributed by atoms with Crippen molar-refractivity contribution in [2.75, 3.05) is 25.5 Å². The van der Waals surface area contributed by atoms with Gasteiger partial charge in [-0.2, -0.15) is 13.2 Å². The van der Waals surface area contributed by atoms with Crippen molar-refractivity contribution in [1.29, 1.82) is 0 Å². The van der Waals surface area contributed by atoms with E-state index >= 15 is 0 Å². The number of halogens is 3. The standard InChI is InChI=1S/C23H27F3N4O/c1-16-13-19(23(24,25)26)27-14-18(16)30-15-21(28-20(30)31)9-11-22(12-10-21,29(2)3)17-7-5-4-6-8-17/h4-8,13-14H,9-12,15H2,1-3H3,(H,28,31)/t21-,22-. The first-order valence-electron chi connectivity index (χ1n) is 10.4. The molecule has 1 aromatic heterocycles. The second-order valence-electron chi connectivity index (χ2n) is 8.94. The molecule has 5 nitrogen and oxygen atoms in total. The number of carbonyl (C=O) groups is 1. The summed E-state index contributed by atoms with van der Waals surface area (Å²) in [7, 11) is 4.17. The maximum atomic E-state index is 13.0. The average molecular weight is 432 g/mol. The molecule has 1 saturated carbocycles. The van der Waals surface area contributed by atoms with E-state index in [1.165, 1.54) is 10.5 Å². The Bertz CT molecular complexity index is 967. The smallest absolute Gasteiger partial charge is 0.330 e. The van der Waals surface area contributed by atoms with Crippen LogP contribution in [-0.4, -0.2) is 42.1 Å². The molecule has 1 spiro atoms. The highest BCUT2D eigenvalue weighted by Crippen LogP contribution is 2.46. The van der Waals surface area contributed by atoms with Crippen molar-refractivity contribution in [3.05, 3.63) is 59.4 Å². The summed E-state index contributed by atoms with van der Waals surface area (Å²) < 4.78 is 38.9. The molecule has 1 aromatic carbocycles. The van der Waals surface area contributed by atoms with E-state index in [2.05, 4.69) is 41.4 Å². The number of nitrogens with one attached hydrogen (secondary N) is 1. The quantitative estimate of drug-likeness (QED) is 0.764. The van der Waals surface area contributed by atoms with Gasteiger partial charge < -0.3 is 5.32 Å². The SMILES string of the molecule is Cc1cc(C(F)(F)F)ncc1N1C[C@]2(CC[C@@](c3ccccc3)(N(C)C)CC2)NC1=O. The van der Waals surface area contributed by atoms with Crippen LogP contribution < -0.4 is 10.2 Å². The Labute approximate surface area is 180 Å². The van der Waals surface area contributed by atoms with Crippen LogP contribution in [0.1, 0.15) is 42.5 Å². The molecule has 8 heteroatoms. The van der Waals surface area contributed by atoms with Crippen LogP contribution >= 0.6 is 0 Å². The summed E-state index contributed by atoms with van der Waals surface area (Å²) in [6.45, 7) is 2.01. The Morgan fingerprint density at radius 3 is 2.29 bits per heavy atom. The molecule has 2 heterocycles. The number of carbonyl (C=O) groups excluding carboxylic acids is 1. The molecule has 0 radical (unpaired) electrons. The molecule has 2 aromatic rings. The minimum atomic E-state index is -4.51. The Hall–Kier alpha value is -2.61. The van der Waals surface area contributed by atoms with Gasteiger partial charge in [-0.3, -0.25) is 9.80 Å². The zero-order chi connectivity index (χ0) is 22.4. The lowest BCUT2D eigenvalue weighted by Gasteiger charge is -2.48. The topological polar surface area (TPSA) is 48.5 Å². The molecule has 0 bridgehead atoms. The number of amides is 2. The predicted molar refractivity (Wildman–Crippen MR) is 113 cm³/mol. The number of urea groups is 1. The van der Waals surface area contributed by atoms with Crippen LogP contribution in [0.25, 0.3) is 0 Å². The molecule has 2 amide bonds. The second kappa shape index (κ2) is 7.51. The fourth-order valence-electron chi connectivity index (χ4n) is 5.06. The number of hydrogen-bond acceptors (Lipinski definition) is 3. The molecular formula is C23H27F3N4O. The van der Waals surface area contributed by atoms with Crippen LogP contribution in [0.2, 0.25) is 0 Å². The Morgan fingerprint density at radius 2 is 1.74 bits per heavy atom. The van der Waals surface area contributed by atoms with Crippen molar-refractivity contribution in [3.8, 4) is 0 Å². The minimum absolute atomic E-state index is 0.101. The number of anilines is 1. The highest BCUT2D eigenvalue weighted by Gasteiger charge is 2.50. The molecule has 2 aliphatic rings. The van der Waals surface area contributed by atoms with E-state index in [1.807, 2.05) is 18.2 Å². The summed E-state index contributed by atoms with van der Waals surface area (Å²) in [5, 5.41) is 3.14. The molecule has 2 fully saturated rings. The first kappa shape index (κ1) is 21.6. The molecular weight excluding hydrogens is 405 g/mol. The minimum Gasteiger partial charge on any atom is -0.330 e. The Kier molecular flexibility index (Phi) is 5.24. The van der Waals surface area contributed by atoms with E-state index < -0.39 is 11.9 Å². The van der Waals surface area contributed by atoms with Gasteiger partial charge in [0.15, 0.2) is 0 Å². The monoisotopic (exact) mass is 432 g/mol. The van der Waals surface area contributed by atoms with Crippen molar-refractivity contribution in [3.63, 3.8) is 0 Å². The number of alkyl halides is 3. The summed E-state index contributed by atoms with van der Waals surface area (Å²) in [6.07, 6.45) is -0.0165. The lowest BCUT2D eigenvalue weighted by Crippen LogP contribution is -2.54. The van der Waals surface area contributed by atoms with E-state index in [9.17, 15) is 18.0 Å². The van der Waals surface area contributed by atoms with E-state index in [-0.39, 0.29) is 17.1 Å². The highest BCUT2D eigenvalue weighted by molar-refractivity contribution is 5.95. The molecule has 0 unspecified atom stereocenters. The van der Waals surface area contributed by atoms with Crippen LogP contribution in [0.3, 0.4) is 0 Å². The second-order valence-corrected chi connectivity index (χ2v) is 8.94. The average Bonchev–Trinajstić information content (AvgIpc) is 3.04. The third-order valence-electron chi connectivity index (χ3n) is 6.94. The largest absolute Gasteiger partial charge is 0.433 e. The van der Waals surface area contributed by atoms with Crippen LogP contribution in [-0.2, 0) is 11.7 Å². The number of benzene rings is 1. The van der Waals surface area contributed by atoms with E-state index in [1.54, 1.807) is 6.92 Å². The highest BCUT2D eigenvalue weighted by atomic mass is 19.4.